The molecule has 4 rings (SSSR count). The van der Waals surface area contributed by atoms with Gasteiger partial charge in [-0.2, -0.15) is 5.10 Å². The number of methoxy groups -OCH3 is 1. The molecule has 0 aliphatic carbocycles. The molecule has 2 aromatic rings. The van der Waals surface area contributed by atoms with Crippen molar-refractivity contribution in [2.75, 3.05) is 36.5 Å². The first kappa shape index (κ1) is 14.6. The number of rotatable bonds is 5. The van der Waals surface area contributed by atoms with Crippen LogP contribution in [0.25, 0.3) is 0 Å². The Morgan fingerprint density at radius 2 is 2.26 bits per heavy atom. The number of carbonyl (C=O) groups is 1. The third-order valence-electron chi connectivity index (χ3n) is 4.20. The number of carbonyl (C=O) groups excluding carboxylic acids is 1. The fourth-order valence-electron chi connectivity index (χ4n) is 2.92. The Labute approximate surface area is 137 Å². The lowest BCUT2D eigenvalue weighted by molar-refractivity contribution is -0.117. The van der Waals surface area contributed by atoms with Crippen LogP contribution >= 0.6 is 11.3 Å². The SMILES string of the molecule is COCc1nnc(N2CC(n3cc(N4CCCC4=O)cn3)C2)s1. The summed E-state index contributed by atoms with van der Waals surface area (Å²) in [6.07, 6.45) is 5.33. The summed E-state index contributed by atoms with van der Waals surface area (Å²) < 4.78 is 7.02. The highest BCUT2D eigenvalue weighted by atomic mass is 32.1. The minimum atomic E-state index is 0.194. The Morgan fingerprint density at radius 3 is 3.00 bits per heavy atom. The van der Waals surface area contributed by atoms with Crippen molar-refractivity contribution >= 4 is 28.1 Å². The van der Waals surface area contributed by atoms with Crippen LogP contribution in [0.1, 0.15) is 23.9 Å². The molecule has 8 nitrogen and oxygen atoms in total. The first-order valence-corrected chi connectivity index (χ1v) is 8.47. The largest absolute Gasteiger partial charge is 0.377 e. The maximum absolute atomic E-state index is 11.8. The smallest absolute Gasteiger partial charge is 0.227 e. The Bertz CT molecular complexity index is 708. The average Bonchev–Trinajstić information content (AvgIpc) is 3.19. The van der Waals surface area contributed by atoms with Crippen LogP contribution in [-0.2, 0) is 16.1 Å². The van der Waals surface area contributed by atoms with E-state index >= 15 is 0 Å². The molecule has 122 valence electrons. The summed E-state index contributed by atoms with van der Waals surface area (Å²) in [6, 6.07) is 0.316. The minimum Gasteiger partial charge on any atom is -0.377 e. The molecule has 0 N–H and O–H groups in total. The molecule has 9 heteroatoms. The van der Waals surface area contributed by atoms with Gasteiger partial charge in [0.05, 0.1) is 17.9 Å². The fourth-order valence-corrected chi connectivity index (χ4v) is 3.75. The molecule has 0 unspecified atom stereocenters. The molecule has 23 heavy (non-hydrogen) atoms. The molecule has 2 fully saturated rings. The third kappa shape index (κ3) is 2.70. The van der Waals surface area contributed by atoms with Crippen LogP contribution in [0.15, 0.2) is 12.4 Å². The molecule has 0 bridgehead atoms. The minimum absolute atomic E-state index is 0.194. The van der Waals surface area contributed by atoms with Gasteiger partial charge in [-0.25, -0.2) is 0 Å². The lowest BCUT2D eigenvalue weighted by atomic mass is 10.1. The molecule has 0 aromatic carbocycles. The predicted molar refractivity (Wildman–Crippen MR) is 85.7 cm³/mol. The van der Waals surface area contributed by atoms with Gasteiger partial charge in [0.2, 0.25) is 11.0 Å². The van der Waals surface area contributed by atoms with Gasteiger partial charge in [0.1, 0.15) is 11.6 Å². The first-order chi connectivity index (χ1) is 11.2. The van der Waals surface area contributed by atoms with E-state index in [-0.39, 0.29) is 5.91 Å². The maximum Gasteiger partial charge on any atom is 0.227 e. The molecular formula is C14H18N6O2S. The third-order valence-corrected chi connectivity index (χ3v) is 5.16. The average molecular weight is 334 g/mol. The fraction of sp³-hybridized carbons (Fsp3) is 0.571. The number of nitrogens with zero attached hydrogens (tertiary/aromatic N) is 6. The van der Waals surface area contributed by atoms with Crippen LogP contribution in [0.3, 0.4) is 0 Å². The van der Waals surface area contributed by atoms with E-state index in [9.17, 15) is 4.79 Å². The van der Waals surface area contributed by atoms with Crippen LogP contribution in [-0.4, -0.2) is 52.6 Å². The van der Waals surface area contributed by atoms with Gasteiger partial charge in [-0.3, -0.25) is 9.48 Å². The summed E-state index contributed by atoms with van der Waals surface area (Å²) in [5.74, 6) is 0.194. The number of amides is 1. The van der Waals surface area contributed by atoms with Crippen LogP contribution in [0, 0.1) is 0 Å². The molecule has 0 saturated carbocycles. The van der Waals surface area contributed by atoms with Crippen LogP contribution in [0.5, 0.6) is 0 Å². The van der Waals surface area contributed by atoms with Crippen molar-refractivity contribution in [3.8, 4) is 0 Å². The van der Waals surface area contributed by atoms with E-state index in [1.165, 1.54) is 0 Å². The second-order valence-corrected chi connectivity index (χ2v) is 6.84. The van der Waals surface area contributed by atoms with Gasteiger partial charge in [0.15, 0.2) is 0 Å². The number of hydrogen-bond donors (Lipinski definition) is 0. The Balaban J connectivity index is 1.38. The monoisotopic (exact) mass is 334 g/mol. The zero-order valence-electron chi connectivity index (χ0n) is 12.9. The van der Waals surface area contributed by atoms with E-state index in [1.54, 1.807) is 24.6 Å². The van der Waals surface area contributed by atoms with Crippen molar-refractivity contribution in [3.63, 3.8) is 0 Å². The van der Waals surface area contributed by atoms with Crippen molar-refractivity contribution in [2.45, 2.75) is 25.5 Å². The van der Waals surface area contributed by atoms with E-state index in [1.807, 2.05) is 15.8 Å². The van der Waals surface area contributed by atoms with Gasteiger partial charge in [-0.05, 0) is 6.42 Å². The Kier molecular flexibility index (Phi) is 3.74. The highest BCUT2D eigenvalue weighted by Crippen LogP contribution is 2.31. The summed E-state index contributed by atoms with van der Waals surface area (Å²) >= 11 is 1.56. The lowest BCUT2D eigenvalue weighted by Gasteiger charge is -2.38. The van der Waals surface area contributed by atoms with E-state index in [0.717, 1.165) is 41.9 Å². The quantitative estimate of drug-likeness (QED) is 0.814. The summed E-state index contributed by atoms with van der Waals surface area (Å²) in [5, 5.41) is 14.5. The normalized spacial score (nSPS) is 18.7. The standard InChI is InChI=1S/C14H18N6O2S/c1-22-9-12-16-17-14(23-12)18-6-11(7-18)20-8-10(5-15-20)19-4-2-3-13(19)21/h5,8,11H,2-4,6-7,9H2,1H3. The molecule has 0 atom stereocenters. The van der Waals surface area contributed by atoms with Gasteiger partial charge < -0.3 is 14.5 Å². The number of ether oxygens (including phenoxy) is 1. The van der Waals surface area contributed by atoms with Crippen LogP contribution < -0.4 is 9.80 Å². The van der Waals surface area contributed by atoms with Gasteiger partial charge in [-0.1, -0.05) is 11.3 Å². The lowest BCUT2D eigenvalue weighted by Crippen LogP contribution is -2.48. The van der Waals surface area contributed by atoms with Gasteiger partial charge >= 0.3 is 0 Å². The van der Waals surface area contributed by atoms with Gasteiger partial charge in [0.25, 0.3) is 0 Å². The highest BCUT2D eigenvalue weighted by molar-refractivity contribution is 7.15. The van der Waals surface area contributed by atoms with E-state index in [4.69, 9.17) is 4.74 Å². The van der Waals surface area contributed by atoms with Crippen LogP contribution in [0.2, 0.25) is 0 Å². The van der Waals surface area contributed by atoms with Crippen molar-refractivity contribution in [1.82, 2.24) is 20.0 Å². The molecule has 2 aliphatic heterocycles. The Morgan fingerprint density at radius 1 is 1.39 bits per heavy atom. The van der Waals surface area contributed by atoms with E-state index in [0.29, 0.717) is 19.1 Å². The number of aromatic nitrogens is 4. The number of anilines is 2. The van der Waals surface area contributed by atoms with Crippen molar-refractivity contribution in [1.29, 1.82) is 0 Å². The Hall–Kier alpha value is -2.00. The topological polar surface area (TPSA) is 76.4 Å². The molecule has 0 radical (unpaired) electrons. The summed E-state index contributed by atoms with van der Waals surface area (Å²) in [6.45, 7) is 3.02. The zero-order chi connectivity index (χ0) is 15.8. The second kappa shape index (κ2) is 5.89. The zero-order valence-corrected chi connectivity index (χ0v) is 13.7. The predicted octanol–water partition coefficient (Wildman–Crippen LogP) is 1.07. The molecule has 4 heterocycles. The first-order valence-electron chi connectivity index (χ1n) is 7.65. The van der Waals surface area contributed by atoms with Crippen molar-refractivity contribution in [2.24, 2.45) is 0 Å². The van der Waals surface area contributed by atoms with Crippen LogP contribution in [0.4, 0.5) is 10.8 Å². The molecule has 2 saturated heterocycles. The summed E-state index contributed by atoms with van der Waals surface area (Å²) in [7, 11) is 1.65. The molecule has 2 aliphatic rings. The van der Waals surface area contributed by atoms with Crippen molar-refractivity contribution in [3.05, 3.63) is 17.4 Å². The van der Waals surface area contributed by atoms with E-state index in [2.05, 4.69) is 20.2 Å². The van der Waals surface area contributed by atoms with Gasteiger partial charge in [-0.15, -0.1) is 10.2 Å². The summed E-state index contributed by atoms with van der Waals surface area (Å²) in [5.41, 5.74) is 0.907. The summed E-state index contributed by atoms with van der Waals surface area (Å²) in [4.78, 5) is 15.8. The second-order valence-electron chi connectivity index (χ2n) is 5.80. The van der Waals surface area contributed by atoms with Crippen molar-refractivity contribution < 1.29 is 9.53 Å². The van der Waals surface area contributed by atoms with Gasteiger partial charge in [0, 0.05) is 39.4 Å². The molecular weight excluding hydrogens is 316 g/mol. The molecule has 2 aromatic heterocycles. The molecule has 1 amide bonds. The number of hydrogen-bond acceptors (Lipinski definition) is 7. The maximum atomic E-state index is 11.8. The highest BCUT2D eigenvalue weighted by Gasteiger charge is 2.32. The van der Waals surface area contributed by atoms with E-state index < -0.39 is 0 Å². The molecule has 0 spiro atoms.